The molecule has 0 bridgehead atoms. The molecule has 0 aromatic heterocycles. The minimum absolute atomic E-state index is 0. The molecule has 25 heavy (non-hydrogen) atoms. The van der Waals surface area contributed by atoms with Crippen LogP contribution in [0.4, 0.5) is 0 Å². The summed E-state index contributed by atoms with van der Waals surface area (Å²) in [5.41, 5.74) is 1.83. The summed E-state index contributed by atoms with van der Waals surface area (Å²) in [6, 6.07) is 0. The minimum Gasteiger partial charge on any atom is -0.747 e. The van der Waals surface area contributed by atoms with Crippen LogP contribution in [0.5, 0.6) is 0 Å². The van der Waals surface area contributed by atoms with Crippen LogP contribution in [-0.2, 0) is 20.2 Å². The Hall–Kier alpha value is -0.454. The summed E-state index contributed by atoms with van der Waals surface area (Å²) in [4.78, 5) is 0. The molecule has 0 saturated heterocycles. The molecular weight excluding hydrogens is 377 g/mol. The van der Waals surface area contributed by atoms with Gasteiger partial charge in [-0.05, 0) is 40.5 Å². The number of rotatable bonds is 2. The Balaban J connectivity index is 0.000000443. The van der Waals surface area contributed by atoms with Gasteiger partial charge in [0.15, 0.2) is 0 Å². The predicted molar refractivity (Wildman–Crippen MR) is 97.0 cm³/mol. The van der Waals surface area contributed by atoms with Crippen LogP contribution in [0.3, 0.4) is 0 Å². The van der Waals surface area contributed by atoms with Gasteiger partial charge in [-0.2, -0.15) is 0 Å². The predicted octanol–water partition coefficient (Wildman–Crippen LogP) is 2.01. The summed E-state index contributed by atoms with van der Waals surface area (Å²) in [5, 5.41) is 0. The van der Waals surface area contributed by atoms with Crippen LogP contribution < -0.4 is 0 Å². The van der Waals surface area contributed by atoms with E-state index in [1.807, 2.05) is 26.0 Å². The van der Waals surface area contributed by atoms with Crippen LogP contribution in [0.15, 0.2) is 47.6 Å². The summed E-state index contributed by atoms with van der Waals surface area (Å²) < 4.78 is 62.4. The Labute approximate surface area is 166 Å². The van der Waals surface area contributed by atoms with Gasteiger partial charge in [-0.3, -0.25) is 0 Å². The van der Waals surface area contributed by atoms with E-state index in [0.29, 0.717) is 12.8 Å². The van der Waals surface area contributed by atoms with Crippen molar-refractivity contribution in [2.75, 3.05) is 0 Å². The van der Waals surface area contributed by atoms with Crippen LogP contribution in [-0.4, -0.2) is 58.5 Å². The second-order valence-electron chi connectivity index (χ2n) is 6.63. The fourth-order valence-corrected chi connectivity index (χ4v) is 3.82. The molecule has 2 rings (SSSR count). The Morgan fingerprint density at radius 3 is 1.24 bits per heavy atom. The first-order valence-electron chi connectivity index (χ1n) is 7.31. The molecule has 2 aliphatic carbocycles. The Bertz CT molecular complexity index is 751. The number of allylic oxidation sites excluding steroid dienone is 6. The van der Waals surface area contributed by atoms with Gasteiger partial charge in [-0.15, -0.1) is 0 Å². The Kier molecular flexibility index (Phi) is 8.34. The van der Waals surface area contributed by atoms with Crippen LogP contribution in [0, 0.1) is 0 Å². The molecule has 0 aromatic rings. The van der Waals surface area contributed by atoms with Gasteiger partial charge in [0, 0.05) is 0 Å². The average Bonchev–Trinajstić information content (AvgIpc) is 2.36. The second-order valence-corrected chi connectivity index (χ2v) is 10.3. The Morgan fingerprint density at radius 1 is 0.800 bits per heavy atom. The van der Waals surface area contributed by atoms with E-state index in [1.54, 1.807) is 12.2 Å². The fourth-order valence-electron chi connectivity index (χ4n) is 2.52. The molecule has 2 atom stereocenters. The topological polar surface area (TPSA) is 114 Å². The first-order chi connectivity index (χ1) is 10.7. The number of hydrogen-bond donors (Lipinski definition) is 0. The molecule has 2 unspecified atom stereocenters. The minimum atomic E-state index is -4.24. The van der Waals surface area contributed by atoms with Crippen LogP contribution in [0.2, 0.25) is 0 Å². The standard InChI is InChI=1S/2C8H12O3S.Mg/c2*1-7-4-3-5-8(2,6-7)12(9,10)11;/h2*3-5H,6H2,1-2H3,(H,9,10,11);/q;;+2/p-2. The van der Waals surface area contributed by atoms with Crippen molar-refractivity contribution in [2.45, 2.75) is 50.0 Å². The van der Waals surface area contributed by atoms with E-state index in [1.165, 1.54) is 26.0 Å². The molecule has 0 aliphatic heterocycles. The van der Waals surface area contributed by atoms with Gasteiger partial charge in [-0.1, -0.05) is 47.6 Å². The third kappa shape index (κ3) is 6.33. The molecule has 0 fully saturated rings. The second kappa shape index (κ2) is 8.49. The summed E-state index contributed by atoms with van der Waals surface area (Å²) in [7, 11) is -8.47. The van der Waals surface area contributed by atoms with E-state index < -0.39 is 29.7 Å². The molecule has 6 nitrogen and oxygen atoms in total. The van der Waals surface area contributed by atoms with Gasteiger partial charge in [0.25, 0.3) is 0 Å². The van der Waals surface area contributed by atoms with Crippen molar-refractivity contribution < 1.29 is 25.9 Å². The van der Waals surface area contributed by atoms with Crippen LogP contribution in [0.25, 0.3) is 0 Å². The van der Waals surface area contributed by atoms with Crippen molar-refractivity contribution in [3.05, 3.63) is 47.6 Å². The quantitative estimate of drug-likeness (QED) is 0.519. The maximum atomic E-state index is 10.8. The van der Waals surface area contributed by atoms with E-state index in [4.69, 9.17) is 0 Å². The molecule has 0 spiro atoms. The van der Waals surface area contributed by atoms with Crippen LogP contribution >= 0.6 is 0 Å². The zero-order valence-corrected chi connectivity index (χ0v) is 17.9. The molecule has 0 heterocycles. The molecule has 0 amide bonds. The third-order valence-corrected chi connectivity index (χ3v) is 6.91. The van der Waals surface area contributed by atoms with E-state index in [0.717, 1.165) is 11.1 Å². The van der Waals surface area contributed by atoms with Crippen molar-refractivity contribution in [1.29, 1.82) is 0 Å². The van der Waals surface area contributed by atoms with Crippen molar-refractivity contribution in [3.63, 3.8) is 0 Å². The monoisotopic (exact) mass is 398 g/mol. The van der Waals surface area contributed by atoms with Gasteiger partial charge in [0.2, 0.25) is 0 Å². The zero-order valence-electron chi connectivity index (χ0n) is 14.9. The van der Waals surface area contributed by atoms with Gasteiger partial charge in [-0.25, -0.2) is 16.8 Å². The molecule has 0 aromatic carbocycles. The Morgan fingerprint density at radius 2 is 1.08 bits per heavy atom. The SMILES string of the molecule is CC1=CC=CC(C)(S(=O)(=O)[O-])C1.CC1=CC=CC(C)(S(=O)(=O)[O-])C1.[Mg+2]. The summed E-state index contributed by atoms with van der Waals surface area (Å²) in [5.74, 6) is 0. The first kappa shape index (κ1) is 24.5. The van der Waals surface area contributed by atoms with E-state index in [-0.39, 0.29) is 23.1 Å². The van der Waals surface area contributed by atoms with Gasteiger partial charge in [0.1, 0.15) is 20.2 Å². The fraction of sp³-hybridized carbons (Fsp3) is 0.500. The molecule has 0 N–H and O–H groups in total. The maximum Gasteiger partial charge on any atom is 2.00 e. The largest absolute Gasteiger partial charge is 2.00 e. The smallest absolute Gasteiger partial charge is 0.747 e. The average molecular weight is 399 g/mol. The zero-order chi connectivity index (χ0) is 18.8. The van der Waals surface area contributed by atoms with Gasteiger partial charge < -0.3 is 9.11 Å². The molecule has 136 valence electrons. The summed E-state index contributed by atoms with van der Waals surface area (Å²) in [6.45, 7) is 6.52. The van der Waals surface area contributed by atoms with Crippen molar-refractivity contribution in [3.8, 4) is 0 Å². The molecule has 0 radical (unpaired) electrons. The van der Waals surface area contributed by atoms with Crippen molar-refractivity contribution >= 4 is 43.3 Å². The van der Waals surface area contributed by atoms with Gasteiger partial charge >= 0.3 is 23.1 Å². The maximum absolute atomic E-state index is 10.8. The van der Waals surface area contributed by atoms with Crippen molar-refractivity contribution in [2.24, 2.45) is 0 Å². The van der Waals surface area contributed by atoms with E-state index in [2.05, 4.69) is 0 Å². The third-order valence-electron chi connectivity index (χ3n) is 4.06. The molecule has 2 aliphatic rings. The van der Waals surface area contributed by atoms with Crippen molar-refractivity contribution in [1.82, 2.24) is 0 Å². The van der Waals surface area contributed by atoms with E-state index >= 15 is 0 Å². The summed E-state index contributed by atoms with van der Waals surface area (Å²) in [6.07, 6.45) is 10.4. The first-order valence-corrected chi connectivity index (χ1v) is 10.1. The molecule has 0 saturated carbocycles. The molecule has 9 heteroatoms. The summed E-state index contributed by atoms with van der Waals surface area (Å²) >= 11 is 0. The number of hydrogen-bond acceptors (Lipinski definition) is 6. The van der Waals surface area contributed by atoms with E-state index in [9.17, 15) is 25.9 Å². The van der Waals surface area contributed by atoms with Crippen LogP contribution in [0.1, 0.15) is 40.5 Å². The van der Waals surface area contributed by atoms with Gasteiger partial charge in [0.05, 0.1) is 9.49 Å². The molecular formula is C16H22MgO6S2. The normalized spacial score (nSPS) is 28.9.